The number of aromatic nitrogens is 4. The molecule has 4 heterocycles. The lowest BCUT2D eigenvalue weighted by atomic mass is 10.0. The van der Waals surface area contributed by atoms with E-state index in [9.17, 15) is 5.26 Å². The van der Waals surface area contributed by atoms with Crippen LogP contribution < -0.4 is 4.74 Å². The molecule has 0 aliphatic heterocycles. The maximum atomic E-state index is 9.71. The summed E-state index contributed by atoms with van der Waals surface area (Å²) < 4.78 is 20.6. The fourth-order valence-electron chi connectivity index (χ4n) is 4.96. The molecule has 0 N–H and O–H groups in total. The van der Waals surface area contributed by atoms with Crippen molar-refractivity contribution in [3.63, 3.8) is 0 Å². The number of hydrogen-bond acceptors (Lipinski definition) is 7. The first-order valence-electron chi connectivity index (χ1n) is 15.8. The van der Waals surface area contributed by atoms with E-state index in [4.69, 9.17) is 54.3 Å². The second-order valence-electron chi connectivity index (χ2n) is 14.0. The molecule has 5 aromatic rings. The van der Waals surface area contributed by atoms with Gasteiger partial charge in [0, 0.05) is 65.1 Å². The monoisotopic (exact) mass is 754 g/mol. The van der Waals surface area contributed by atoms with E-state index >= 15 is 0 Å². The van der Waals surface area contributed by atoms with Gasteiger partial charge in [0.1, 0.15) is 42.6 Å². The van der Waals surface area contributed by atoms with Gasteiger partial charge in [0.15, 0.2) is 0 Å². The average Bonchev–Trinajstić information content (AvgIpc) is 3.60. The molecule has 49 heavy (non-hydrogen) atoms. The molecule has 0 amide bonds. The molecule has 0 saturated carbocycles. The van der Waals surface area contributed by atoms with Crippen molar-refractivity contribution >= 4 is 73.0 Å². The minimum absolute atomic E-state index is 0.344. The van der Waals surface area contributed by atoms with Crippen molar-refractivity contribution < 1.29 is 14.2 Å². The molecule has 9 nitrogen and oxygen atoms in total. The number of nitrogens with zero attached hydrogens (tertiary/aromatic N) is 6. The van der Waals surface area contributed by atoms with Gasteiger partial charge in [-0.05, 0) is 41.9 Å². The molecule has 0 aliphatic carbocycles. The van der Waals surface area contributed by atoms with Gasteiger partial charge in [-0.15, -0.1) is 0 Å². The van der Waals surface area contributed by atoms with Crippen LogP contribution in [0.25, 0.3) is 33.2 Å². The van der Waals surface area contributed by atoms with Crippen molar-refractivity contribution in [3.05, 3.63) is 75.2 Å². The number of benzene rings is 1. The molecule has 5 rings (SSSR count). The minimum atomic E-state index is -1.16. The summed E-state index contributed by atoms with van der Waals surface area (Å²) in [6.07, 6.45) is 6.87. The first-order chi connectivity index (χ1) is 23.2. The Morgan fingerprint density at radius 3 is 1.71 bits per heavy atom. The topological polar surface area (TPSA) is 111 Å². The van der Waals surface area contributed by atoms with Crippen LogP contribution in [0.5, 0.6) is 5.75 Å². The van der Waals surface area contributed by atoms with Crippen LogP contribution in [-0.4, -0.2) is 55.6 Å². The predicted molar refractivity (Wildman–Crippen MR) is 204 cm³/mol. The van der Waals surface area contributed by atoms with Crippen LogP contribution in [0.2, 0.25) is 66.4 Å². The normalized spacial score (nSPS) is 11.7. The van der Waals surface area contributed by atoms with Gasteiger partial charge in [0.25, 0.3) is 0 Å². The third-order valence-corrected chi connectivity index (χ3v) is 12.0. The third-order valence-electron chi connectivity index (χ3n) is 7.69. The largest absolute Gasteiger partial charge is 0.495 e. The van der Waals surface area contributed by atoms with Gasteiger partial charge < -0.3 is 23.3 Å². The SMILES string of the molecule is COc1cc(-c2ccnc3c2c(C#N)cn3COCC[Si](C)(C)C)c(Cl)cc1Cl.C[Si](C)(C)CCOCn1cc(C#N)c2c(Cl)ccnc21. The zero-order valence-corrected chi connectivity index (χ0v) is 33.2. The first-order valence-corrected chi connectivity index (χ1v) is 24.3. The van der Waals surface area contributed by atoms with E-state index in [1.807, 2.05) is 15.2 Å². The summed E-state index contributed by atoms with van der Waals surface area (Å²) in [5, 5.41) is 21.8. The van der Waals surface area contributed by atoms with E-state index in [1.54, 1.807) is 50.1 Å². The molecule has 258 valence electrons. The summed E-state index contributed by atoms with van der Waals surface area (Å²) >= 11 is 18.8. The Labute approximate surface area is 304 Å². The molecule has 4 aromatic heterocycles. The van der Waals surface area contributed by atoms with Crippen molar-refractivity contribution in [2.75, 3.05) is 20.3 Å². The zero-order chi connectivity index (χ0) is 35.9. The molecule has 0 fully saturated rings. The second-order valence-corrected chi connectivity index (χ2v) is 26.4. The lowest BCUT2D eigenvalue weighted by Gasteiger charge is -2.15. The van der Waals surface area contributed by atoms with Crippen LogP contribution in [0.1, 0.15) is 11.1 Å². The molecule has 14 heteroatoms. The maximum absolute atomic E-state index is 9.71. The number of rotatable bonds is 12. The standard InChI is InChI=1S/C21H23Cl2N3O2Si.C14H18ClN3OSi/c1-27-19-9-16(17(22)10-18(19)23)15-5-6-25-21-20(15)14(11-24)12-26(21)13-28-7-8-29(2,3)4;1-20(2,3)7-6-19-10-18-9-11(8-16)13-12(15)4-5-17-14(13)18/h5-6,9-10,12H,7-8,13H2,1-4H3;4-5,9H,6-7,10H2,1-3H3. The maximum Gasteiger partial charge on any atom is 0.144 e. The van der Waals surface area contributed by atoms with Crippen molar-refractivity contribution in [3.8, 4) is 29.0 Å². The molecule has 0 unspecified atom stereocenters. The van der Waals surface area contributed by atoms with Gasteiger partial charge in [-0.2, -0.15) is 10.5 Å². The Hall–Kier alpha value is -3.40. The highest BCUT2D eigenvalue weighted by Crippen LogP contribution is 2.40. The highest BCUT2D eigenvalue weighted by atomic mass is 35.5. The highest BCUT2D eigenvalue weighted by Gasteiger charge is 2.19. The average molecular weight is 756 g/mol. The Morgan fingerprint density at radius 1 is 0.694 bits per heavy atom. The summed E-state index contributed by atoms with van der Waals surface area (Å²) in [4.78, 5) is 8.79. The number of halogens is 3. The molecular weight excluding hydrogens is 715 g/mol. The van der Waals surface area contributed by atoms with Crippen molar-refractivity contribution in [2.24, 2.45) is 0 Å². The third kappa shape index (κ3) is 9.86. The summed E-state index contributed by atoms with van der Waals surface area (Å²) in [6, 6.07) is 13.6. The highest BCUT2D eigenvalue weighted by molar-refractivity contribution is 6.76. The smallest absolute Gasteiger partial charge is 0.144 e. The van der Waals surface area contributed by atoms with E-state index in [0.717, 1.165) is 35.2 Å². The van der Waals surface area contributed by atoms with Crippen molar-refractivity contribution in [1.29, 1.82) is 10.5 Å². The van der Waals surface area contributed by atoms with Crippen molar-refractivity contribution in [1.82, 2.24) is 19.1 Å². The van der Waals surface area contributed by atoms with Gasteiger partial charge in [-0.3, -0.25) is 0 Å². The Bertz CT molecular complexity index is 2020. The molecule has 0 atom stereocenters. The molecule has 0 spiro atoms. The van der Waals surface area contributed by atoms with Gasteiger partial charge in [-0.25, -0.2) is 9.97 Å². The van der Waals surface area contributed by atoms with Crippen LogP contribution in [0, 0.1) is 22.7 Å². The lowest BCUT2D eigenvalue weighted by molar-refractivity contribution is 0.0897. The van der Waals surface area contributed by atoms with Crippen LogP contribution in [0.4, 0.5) is 0 Å². The zero-order valence-electron chi connectivity index (χ0n) is 28.9. The molecular formula is C35H41Cl3N6O3Si2. The molecule has 0 aliphatic rings. The van der Waals surface area contributed by atoms with E-state index in [0.29, 0.717) is 68.7 Å². The van der Waals surface area contributed by atoms with E-state index in [1.165, 1.54) is 0 Å². The van der Waals surface area contributed by atoms with Gasteiger partial charge >= 0.3 is 0 Å². The number of pyridine rings is 2. The first kappa shape index (κ1) is 38.4. The number of nitriles is 2. The van der Waals surface area contributed by atoms with Crippen LogP contribution in [-0.2, 0) is 22.9 Å². The summed E-state index contributed by atoms with van der Waals surface area (Å²) in [5.41, 5.74) is 3.95. The Kier molecular flexibility index (Phi) is 13.0. The molecule has 1 aromatic carbocycles. The van der Waals surface area contributed by atoms with E-state index < -0.39 is 16.1 Å². The van der Waals surface area contributed by atoms with Gasteiger partial charge in [0.05, 0.1) is 38.7 Å². The van der Waals surface area contributed by atoms with Crippen LogP contribution in [0.3, 0.4) is 0 Å². The Balaban J connectivity index is 0.000000237. The Morgan fingerprint density at radius 2 is 1.20 bits per heavy atom. The fourth-order valence-corrected chi connectivity index (χ4v) is 7.28. The van der Waals surface area contributed by atoms with E-state index in [-0.39, 0.29) is 0 Å². The second kappa shape index (κ2) is 16.5. The van der Waals surface area contributed by atoms with Gasteiger partial charge in [-0.1, -0.05) is 74.1 Å². The number of hydrogen-bond donors (Lipinski definition) is 0. The molecule has 0 saturated heterocycles. The summed E-state index contributed by atoms with van der Waals surface area (Å²) in [5.74, 6) is 0.517. The minimum Gasteiger partial charge on any atom is -0.495 e. The molecule has 0 radical (unpaired) electrons. The summed E-state index contributed by atoms with van der Waals surface area (Å²) in [6.45, 7) is 16.1. The van der Waals surface area contributed by atoms with Crippen LogP contribution in [0.15, 0.2) is 49.1 Å². The quantitative estimate of drug-likeness (QED) is 0.0921. The van der Waals surface area contributed by atoms with Crippen LogP contribution >= 0.6 is 34.8 Å². The van der Waals surface area contributed by atoms with Crippen molar-refractivity contribution in [2.45, 2.75) is 64.8 Å². The lowest BCUT2D eigenvalue weighted by Crippen LogP contribution is -2.22. The summed E-state index contributed by atoms with van der Waals surface area (Å²) in [7, 11) is -0.695. The predicted octanol–water partition coefficient (Wildman–Crippen LogP) is 10.1. The number of methoxy groups -OCH3 is 1. The number of ether oxygens (including phenoxy) is 3. The van der Waals surface area contributed by atoms with E-state index in [2.05, 4.69) is 61.4 Å². The number of fused-ring (bicyclic) bond motifs is 2. The molecule has 0 bridgehead atoms. The fraction of sp³-hybridized carbons (Fsp3) is 0.371. The van der Waals surface area contributed by atoms with Gasteiger partial charge in [0.2, 0.25) is 0 Å².